The van der Waals surface area contributed by atoms with Crippen LogP contribution in [0.3, 0.4) is 0 Å². The van der Waals surface area contributed by atoms with Gasteiger partial charge in [-0.3, -0.25) is 9.34 Å². The molecular formula is C6H18N4P2. The van der Waals surface area contributed by atoms with Gasteiger partial charge in [-0.2, -0.15) is 4.52 Å². The minimum absolute atomic E-state index is 0.474. The molecule has 0 atom stereocenters. The molecule has 0 rings (SSSR count). The smallest absolute Gasteiger partial charge is 0.173 e. The molecule has 72 valence electrons. The van der Waals surface area contributed by atoms with Gasteiger partial charge in [0.2, 0.25) is 0 Å². The van der Waals surface area contributed by atoms with E-state index in [1.165, 1.54) is 0 Å². The highest BCUT2D eigenvalue weighted by Gasteiger charge is 2.11. The van der Waals surface area contributed by atoms with Crippen LogP contribution in [0.4, 0.5) is 0 Å². The summed E-state index contributed by atoms with van der Waals surface area (Å²) in [5.74, 6) is 0. The first-order chi connectivity index (χ1) is 5.45. The molecule has 4 nitrogen and oxygen atoms in total. The Kier molecular flexibility index (Phi) is 6.16. The number of nitrogens with zero attached hydrogens (tertiary/aromatic N) is 4. The van der Waals surface area contributed by atoms with Crippen LogP contribution in [-0.4, -0.2) is 56.3 Å². The minimum Gasteiger partial charge on any atom is -0.257 e. The van der Waals surface area contributed by atoms with Crippen LogP contribution in [0.25, 0.3) is 0 Å². The minimum atomic E-state index is -0.474. The first-order valence-electron chi connectivity index (χ1n) is 3.68. The van der Waals surface area contributed by atoms with Gasteiger partial charge in [-0.1, -0.05) is 0 Å². The molecule has 0 heterocycles. The van der Waals surface area contributed by atoms with Gasteiger partial charge < -0.3 is 0 Å². The van der Waals surface area contributed by atoms with Crippen molar-refractivity contribution >= 4 is 16.9 Å². The van der Waals surface area contributed by atoms with E-state index in [4.69, 9.17) is 0 Å². The average molecular weight is 208 g/mol. The molecular weight excluding hydrogens is 190 g/mol. The molecule has 0 aromatic carbocycles. The maximum atomic E-state index is 4.54. The summed E-state index contributed by atoms with van der Waals surface area (Å²) in [6.45, 7) is 0. The molecule has 0 unspecified atom stereocenters. The molecule has 0 saturated carbocycles. The summed E-state index contributed by atoms with van der Waals surface area (Å²) in [7, 11) is 12.8. The second-order valence-electron chi connectivity index (χ2n) is 2.99. The Hall–Kier alpha value is 0.410. The average Bonchev–Trinajstić information content (AvgIpc) is 1.84. The number of hydrogen-bond donors (Lipinski definition) is 0. The lowest BCUT2D eigenvalue weighted by atomic mass is 11.3. The van der Waals surface area contributed by atoms with Gasteiger partial charge in [0.1, 0.15) is 0 Å². The molecule has 0 bridgehead atoms. The van der Waals surface area contributed by atoms with Crippen LogP contribution < -0.4 is 0 Å². The van der Waals surface area contributed by atoms with E-state index in [9.17, 15) is 0 Å². The molecule has 0 amide bonds. The van der Waals surface area contributed by atoms with Crippen molar-refractivity contribution in [2.45, 2.75) is 0 Å². The van der Waals surface area contributed by atoms with Gasteiger partial charge in [0.05, 0.1) is 8.52 Å². The molecule has 0 spiro atoms. The van der Waals surface area contributed by atoms with E-state index < -0.39 is 8.37 Å². The van der Waals surface area contributed by atoms with Gasteiger partial charge in [-0.25, -0.2) is 4.67 Å². The van der Waals surface area contributed by atoms with Crippen molar-refractivity contribution in [2.75, 3.05) is 42.3 Å². The zero-order valence-corrected chi connectivity index (χ0v) is 10.5. The summed E-state index contributed by atoms with van der Waals surface area (Å²) in [6.07, 6.45) is 0. The predicted octanol–water partition coefficient (Wildman–Crippen LogP) is 1.94. The zero-order valence-electron chi connectivity index (χ0n) is 8.68. The topological polar surface area (TPSA) is 22.1 Å². The lowest BCUT2D eigenvalue weighted by Gasteiger charge is -2.24. The fraction of sp³-hybridized carbons (Fsp3) is 1.00. The third-order valence-corrected chi connectivity index (χ3v) is 3.76. The summed E-state index contributed by atoms with van der Waals surface area (Å²) in [6, 6.07) is 0. The van der Waals surface area contributed by atoms with E-state index >= 15 is 0 Å². The van der Waals surface area contributed by atoms with E-state index in [1.54, 1.807) is 0 Å². The Balaban J connectivity index is 4.14. The van der Waals surface area contributed by atoms with E-state index in [-0.39, 0.29) is 0 Å². The lowest BCUT2D eigenvalue weighted by Crippen LogP contribution is -2.14. The van der Waals surface area contributed by atoms with Crippen molar-refractivity contribution in [1.29, 1.82) is 0 Å². The quantitative estimate of drug-likeness (QED) is 0.659. The maximum Gasteiger partial charge on any atom is 0.173 e. The van der Waals surface area contributed by atoms with E-state index in [0.717, 1.165) is 8.52 Å². The second-order valence-corrected chi connectivity index (χ2v) is 6.82. The molecule has 0 radical (unpaired) electrons. The van der Waals surface area contributed by atoms with Crippen molar-refractivity contribution in [3.05, 3.63) is 0 Å². The molecule has 0 fully saturated rings. The lowest BCUT2D eigenvalue weighted by molar-refractivity contribution is 0.575. The first-order valence-corrected chi connectivity index (χ1v) is 5.68. The van der Waals surface area contributed by atoms with Crippen LogP contribution in [0.5, 0.6) is 0 Å². The number of hydrogen-bond acceptors (Lipinski definition) is 3. The standard InChI is InChI=1S/C6H18N4P2/c1-8(2)11-7-12(9(3)4)10(5)6/h1-6H3. The van der Waals surface area contributed by atoms with Crippen molar-refractivity contribution in [3.8, 4) is 0 Å². The van der Waals surface area contributed by atoms with Gasteiger partial charge in [-0.05, 0) is 42.3 Å². The molecule has 12 heavy (non-hydrogen) atoms. The van der Waals surface area contributed by atoms with Crippen LogP contribution in [0.15, 0.2) is 4.52 Å². The molecule has 0 aromatic heterocycles. The highest BCUT2D eigenvalue weighted by Crippen LogP contribution is 2.43. The zero-order chi connectivity index (χ0) is 9.72. The SMILES string of the molecule is CN(C)P=NP(N(C)C)N(C)C. The maximum absolute atomic E-state index is 4.54. The summed E-state index contributed by atoms with van der Waals surface area (Å²) in [4.78, 5) is 0. The first kappa shape index (κ1) is 12.4. The van der Waals surface area contributed by atoms with E-state index in [2.05, 4.69) is 42.0 Å². The van der Waals surface area contributed by atoms with Gasteiger partial charge in [0.25, 0.3) is 0 Å². The van der Waals surface area contributed by atoms with Crippen molar-refractivity contribution in [3.63, 3.8) is 0 Å². The van der Waals surface area contributed by atoms with Gasteiger partial charge in [-0.15, -0.1) is 0 Å². The molecule has 0 aromatic rings. The Morgan fingerprint density at radius 1 is 0.917 bits per heavy atom. The predicted molar refractivity (Wildman–Crippen MR) is 57.3 cm³/mol. The van der Waals surface area contributed by atoms with Crippen LogP contribution in [-0.2, 0) is 0 Å². The fourth-order valence-electron chi connectivity index (χ4n) is 0.634. The van der Waals surface area contributed by atoms with Crippen LogP contribution >= 0.6 is 16.9 Å². The van der Waals surface area contributed by atoms with Crippen LogP contribution in [0.2, 0.25) is 0 Å². The summed E-state index contributed by atoms with van der Waals surface area (Å²) < 4.78 is 10.9. The molecule has 6 heteroatoms. The second kappa shape index (κ2) is 5.95. The largest absolute Gasteiger partial charge is 0.257 e. The Labute approximate surface area is 78.4 Å². The molecule has 0 aliphatic rings. The normalized spacial score (nSPS) is 13.2. The van der Waals surface area contributed by atoms with Crippen LogP contribution in [0.1, 0.15) is 0 Å². The molecule has 0 aliphatic heterocycles. The molecule has 0 saturated heterocycles. The monoisotopic (exact) mass is 208 g/mol. The summed E-state index contributed by atoms with van der Waals surface area (Å²) in [5, 5.41) is 0. The van der Waals surface area contributed by atoms with E-state index in [0.29, 0.717) is 0 Å². The Bertz CT molecular complexity index is 138. The summed E-state index contributed by atoms with van der Waals surface area (Å²) in [5.41, 5.74) is 0. The Morgan fingerprint density at radius 2 is 1.33 bits per heavy atom. The number of rotatable bonds is 4. The highest BCUT2D eigenvalue weighted by molar-refractivity contribution is 7.55. The van der Waals surface area contributed by atoms with Gasteiger partial charge in [0, 0.05) is 0 Å². The van der Waals surface area contributed by atoms with E-state index in [1.807, 2.05) is 18.8 Å². The van der Waals surface area contributed by atoms with Crippen molar-refractivity contribution in [2.24, 2.45) is 4.52 Å². The molecule has 0 aliphatic carbocycles. The summed E-state index contributed by atoms with van der Waals surface area (Å²) >= 11 is 0. The molecule has 0 N–H and O–H groups in total. The van der Waals surface area contributed by atoms with Gasteiger partial charge >= 0.3 is 0 Å². The van der Waals surface area contributed by atoms with Crippen molar-refractivity contribution < 1.29 is 0 Å². The Morgan fingerprint density at radius 3 is 1.58 bits per heavy atom. The van der Waals surface area contributed by atoms with Crippen molar-refractivity contribution in [1.82, 2.24) is 14.0 Å². The van der Waals surface area contributed by atoms with Gasteiger partial charge in [0.15, 0.2) is 8.37 Å². The fourth-order valence-corrected chi connectivity index (χ4v) is 3.56. The highest BCUT2D eigenvalue weighted by atomic mass is 31.2. The third-order valence-electron chi connectivity index (χ3n) is 1.01. The van der Waals surface area contributed by atoms with Crippen LogP contribution in [0, 0.1) is 0 Å². The third kappa shape index (κ3) is 5.13.